The zero-order chi connectivity index (χ0) is 21.3. The van der Waals surface area contributed by atoms with Gasteiger partial charge in [0.25, 0.3) is 5.91 Å². The van der Waals surface area contributed by atoms with E-state index in [9.17, 15) is 9.59 Å². The molecule has 3 aromatic rings. The third-order valence-corrected chi connectivity index (χ3v) is 5.22. The number of fused-ring (bicyclic) bond motifs is 1. The maximum Gasteiger partial charge on any atom is 0.319 e. The second-order valence-electron chi connectivity index (χ2n) is 7.50. The maximum atomic E-state index is 12.8. The molecule has 156 valence electrons. The minimum atomic E-state index is -0.236. The molecule has 0 radical (unpaired) electrons. The zero-order valence-corrected chi connectivity index (χ0v) is 17.2. The van der Waals surface area contributed by atoms with Crippen LogP contribution in [0.2, 0.25) is 0 Å². The molecule has 2 aromatic heterocycles. The number of nitrogens with zero attached hydrogens (tertiary/aromatic N) is 5. The molecule has 0 aliphatic carbocycles. The molecular formula is C21H24N6O3. The number of rotatable bonds is 4. The lowest BCUT2D eigenvalue weighted by atomic mass is 10.1. The monoisotopic (exact) mass is 408 g/mol. The number of likely N-dealkylation sites (tertiary alicyclic amines) is 1. The smallest absolute Gasteiger partial charge is 0.319 e. The van der Waals surface area contributed by atoms with Crippen LogP contribution in [0.3, 0.4) is 0 Å². The Hall–Kier alpha value is -3.62. The molecule has 0 saturated carbocycles. The molecule has 1 saturated heterocycles. The van der Waals surface area contributed by atoms with E-state index in [1.165, 1.54) is 0 Å². The average Bonchev–Trinajstić information content (AvgIpc) is 3.39. The maximum absolute atomic E-state index is 12.8. The van der Waals surface area contributed by atoms with Crippen molar-refractivity contribution in [3.63, 3.8) is 0 Å². The Morgan fingerprint density at radius 3 is 2.80 bits per heavy atom. The van der Waals surface area contributed by atoms with Gasteiger partial charge in [-0.15, -0.1) is 10.2 Å². The van der Waals surface area contributed by atoms with Gasteiger partial charge in [0.1, 0.15) is 11.6 Å². The number of urea groups is 1. The van der Waals surface area contributed by atoms with Crippen molar-refractivity contribution in [3.05, 3.63) is 54.0 Å². The highest BCUT2D eigenvalue weighted by atomic mass is 16.5. The number of carbonyl (C=O) groups is 2. The van der Waals surface area contributed by atoms with Crippen LogP contribution in [-0.2, 0) is 0 Å². The third-order valence-electron chi connectivity index (χ3n) is 5.22. The van der Waals surface area contributed by atoms with Gasteiger partial charge in [-0.3, -0.25) is 9.20 Å². The first-order valence-electron chi connectivity index (χ1n) is 9.72. The first-order valence-corrected chi connectivity index (χ1v) is 9.72. The molecule has 1 aliphatic heterocycles. The van der Waals surface area contributed by atoms with Gasteiger partial charge in [0.15, 0.2) is 5.65 Å². The Labute approximate surface area is 174 Å². The number of carbonyl (C=O) groups excluding carboxylic acids is 2. The highest BCUT2D eigenvalue weighted by Crippen LogP contribution is 2.27. The number of pyridine rings is 1. The third kappa shape index (κ3) is 3.78. The summed E-state index contributed by atoms with van der Waals surface area (Å²) >= 11 is 0. The molecular weight excluding hydrogens is 384 g/mol. The van der Waals surface area contributed by atoms with Gasteiger partial charge in [0.2, 0.25) is 0 Å². The lowest BCUT2D eigenvalue weighted by Crippen LogP contribution is -2.37. The van der Waals surface area contributed by atoms with Crippen molar-refractivity contribution >= 4 is 23.3 Å². The number of hydrogen-bond acceptors (Lipinski definition) is 5. The summed E-state index contributed by atoms with van der Waals surface area (Å²) in [5.74, 6) is 1.26. The Morgan fingerprint density at radius 1 is 1.20 bits per heavy atom. The van der Waals surface area contributed by atoms with Gasteiger partial charge >= 0.3 is 6.03 Å². The lowest BCUT2D eigenvalue weighted by molar-refractivity contribution is 0.102. The summed E-state index contributed by atoms with van der Waals surface area (Å²) in [6.45, 7) is 1.25. The van der Waals surface area contributed by atoms with E-state index in [-0.39, 0.29) is 17.9 Å². The fraction of sp³-hybridized carbons (Fsp3) is 0.333. The van der Waals surface area contributed by atoms with Gasteiger partial charge in [0, 0.05) is 51.1 Å². The molecule has 3 amide bonds. The molecule has 0 spiro atoms. The lowest BCUT2D eigenvalue weighted by Gasteiger charge is -2.21. The molecule has 1 aromatic carbocycles. The zero-order valence-electron chi connectivity index (χ0n) is 17.2. The van der Waals surface area contributed by atoms with E-state index in [0.29, 0.717) is 35.7 Å². The Balaban J connectivity index is 1.56. The molecule has 1 atom stereocenters. The number of anilines is 1. The van der Waals surface area contributed by atoms with Crippen LogP contribution in [0.1, 0.15) is 28.5 Å². The molecule has 3 heterocycles. The van der Waals surface area contributed by atoms with Crippen LogP contribution in [0.15, 0.2) is 42.6 Å². The van der Waals surface area contributed by atoms with Crippen molar-refractivity contribution in [1.82, 2.24) is 24.4 Å². The molecule has 1 fully saturated rings. The van der Waals surface area contributed by atoms with Gasteiger partial charge in [-0.2, -0.15) is 0 Å². The van der Waals surface area contributed by atoms with Crippen LogP contribution >= 0.6 is 0 Å². The van der Waals surface area contributed by atoms with Gasteiger partial charge < -0.3 is 19.9 Å². The molecule has 9 heteroatoms. The molecule has 1 N–H and O–H groups in total. The van der Waals surface area contributed by atoms with Crippen LogP contribution in [-0.4, -0.2) is 70.6 Å². The fourth-order valence-corrected chi connectivity index (χ4v) is 3.65. The normalized spacial score (nSPS) is 16.0. The van der Waals surface area contributed by atoms with Crippen molar-refractivity contribution in [1.29, 1.82) is 0 Å². The quantitative estimate of drug-likeness (QED) is 0.716. The minimum absolute atomic E-state index is 0.00956. The summed E-state index contributed by atoms with van der Waals surface area (Å²) in [6, 6.07) is 10.7. The van der Waals surface area contributed by atoms with E-state index >= 15 is 0 Å². The molecule has 9 nitrogen and oxygen atoms in total. The summed E-state index contributed by atoms with van der Waals surface area (Å²) in [5.41, 5.74) is 1.81. The van der Waals surface area contributed by atoms with Crippen LogP contribution < -0.4 is 10.1 Å². The van der Waals surface area contributed by atoms with E-state index in [2.05, 4.69) is 15.5 Å². The van der Waals surface area contributed by atoms with Crippen LogP contribution in [0, 0.1) is 0 Å². The molecule has 1 aliphatic rings. The summed E-state index contributed by atoms with van der Waals surface area (Å²) in [4.78, 5) is 28.4. The number of hydrogen-bond donors (Lipinski definition) is 1. The topological polar surface area (TPSA) is 92.1 Å². The first-order chi connectivity index (χ1) is 14.5. The van der Waals surface area contributed by atoms with E-state index in [1.54, 1.807) is 56.6 Å². The van der Waals surface area contributed by atoms with Gasteiger partial charge in [-0.1, -0.05) is 6.07 Å². The Bertz CT molecular complexity index is 1090. The average molecular weight is 408 g/mol. The van der Waals surface area contributed by atoms with Crippen molar-refractivity contribution < 1.29 is 14.3 Å². The van der Waals surface area contributed by atoms with Crippen molar-refractivity contribution in [3.8, 4) is 5.75 Å². The number of ether oxygens (including phenoxy) is 1. The highest BCUT2D eigenvalue weighted by Gasteiger charge is 2.31. The first kappa shape index (κ1) is 19.7. The largest absolute Gasteiger partial charge is 0.497 e. The van der Waals surface area contributed by atoms with Crippen molar-refractivity contribution in [2.24, 2.45) is 0 Å². The number of amides is 3. The second-order valence-corrected chi connectivity index (χ2v) is 7.50. The van der Waals surface area contributed by atoms with E-state index in [4.69, 9.17) is 4.74 Å². The molecule has 30 heavy (non-hydrogen) atoms. The number of benzene rings is 1. The van der Waals surface area contributed by atoms with Gasteiger partial charge in [-0.05, 0) is 30.7 Å². The fourth-order valence-electron chi connectivity index (χ4n) is 3.65. The summed E-state index contributed by atoms with van der Waals surface area (Å²) in [6.07, 6.45) is 2.55. The molecule has 0 bridgehead atoms. The summed E-state index contributed by atoms with van der Waals surface area (Å²) in [5, 5.41) is 11.4. The predicted molar refractivity (Wildman–Crippen MR) is 112 cm³/mol. The van der Waals surface area contributed by atoms with Gasteiger partial charge in [0.05, 0.1) is 12.7 Å². The second kappa shape index (κ2) is 8.02. The number of nitrogens with one attached hydrogen (secondary N) is 1. The highest BCUT2D eigenvalue weighted by molar-refractivity contribution is 6.04. The summed E-state index contributed by atoms with van der Waals surface area (Å²) in [7, 11) is 5.07. The van der Waals surface area contributed by atoms with Crippen LogP contribution in [0.4, 0.5) is 10.5 Å². The molecule has 0 unspecified atom stereocenters. The summed E-state index contributed by atoms with van der Waals surface area (Å²) < 4.78 is 7.04. The van der Waals surface area contributed by atoms with Crippen LogP contribution in [0.25, 0.3) is 5.65 Å². The van der Waals surface area contributed by atoms with E-state index in [0.717, 1.165) is 12.2 Å². The SMILES string of the molecule is COc1cccc(NC(=O)c2ccc3nnc([C@H]4CCN(C(=O)N(C)C)C4)n3c2)c1. The van der Waals surface area contributed by atoms with E-state index < -0.39 is 0 Å². The minimum Gasteiger partial charge on any atom is -0.497 e. The standard InChI is InChI=1S/C21H24N6O3/c1-25(2)21(29)26-10-9-14(12-26)19-24-23-18-8-7-15(13-27(18)19)20(28)22-16-5-4-6-17(11-16)30-3/h4-8,11,13-14H,9-10,12H2,1-3H3,(H,22,28)/t14-/m0/s1. The van der Waals surface area contributed by atoms with Crippen LogP contribution in [0.5, 0.6) is 5.75 Å². The predicted octanol–water partition coefficient (Wildman–Crippen LogP) is 2.46. The van der Waals surface area contributed by atoms with E-state index in [1.807, 2.05) is 21.4 Å². The molecule has 4 rings (SSSR count). The Morgan fingerprint density at radius 2 is 2.03 bits per heavy atom. The van der Waals surface area contributed by atoms with Crippen molar-refractivity contribution in [2.75, 3.05) is 39.6 Å². The Kier molecular flexibility index (Phi) is 5.26. The number of methoxy groups -OCH3 is 1. The van der Waals surface area contributed by atoms with Crippen molar-refractivity contribution in [2.45, 2.75) is 12.3 Å². The number of aromatic nitrogens is 3. The van der Waals surface area contributed by atoms with Gasteiger partial charge in [-0.25, -0.2) is 4.79 Å².